The van der Waals surface area contributed by atoms with Gasteiger partial charge in [-0.1, -0.05) is 0 Å². The van der Waals surface area contributed by atoms with Gasteiger partial charge >= 0.3 is 122 Å². The van der Waals surface area contributed by atoms with E-state index in [1.165, 1.54) is 0 Å². The maximum Gasteiger partial charge on any atom is 1.00 e. The third-order valence-corrected chi connectivity index (χ3v) is 0. The van der Waals surface area contributed by atoms with Gasteiger partial charge in [-0.25, -0.2) is 0 Å². The number of carbonyl (C=O) groups is 1. The van der Waals surface area contributed by atoms with E-state index in [1.807, 2.05) is 0 Å². The van der Waals surface area contributed by atoms with Crippen LogP contribution in [-0.2, 0) is 0 Å². The number of rotatable bonds is 0. The van der Waals surface area contributed by atoms with Gasteiger partial charge < -0.3 is 15.0 Å². The monoisotopic (exact) mass is 145 g/mol. The topological polar surface area (TPSA) is 63.2 Å². The zero-order valence-electron chi connectivity index (χ0n) is 4.72. The van der Waals surface area contributed by atoms with Crippen LogP contribution in [0.5, 0.6) is 0 Å². The Hall–Kier alpha value is 3.14. The quantitative estimate of drug-likeness (QED) is 0.318. The Morgan fingerprint density at radius 1 is 1.14 bits per heavy atom. The summed E-state index contributed by atoms with van der Waals surface area (Å²) in [6.07, 6.45) is -2.33. The van der Waals surface area contributed by atoms with Crippen LogP contribution in [-0.4, -0.2) is 6.16 Å². The average Bonchev–Trinajstić information content (AvgIpc) is 0.811. The maximum atomic E-state index is 8.33. The van der Waals surface area contributed by atoms with Crippen LogP contribution in [0.2, 0.25) is 0 Å². The van der Waals surface area contributed by atoms with Crippen LogP contribution < -0.4 is 132 Å². The van der Waals surface area contributed by atoms with Crippen molar-refractivity contribution in [2.45, 2.75) is 0 Å². The van der Waals surface area contributed by atoms with Crippen molar-refractivity contribution in [1.29, 1.82) is 0 Å². The molecule has 0 radical (unpaired) electrons. The summed E-state index contributed by atoms with van der Waals surface area (Å²) in [6, 6.07) is 0. The normalized spacial score (nSPS) is 3.43. The molecule has 0 aliphatic rings. The van der Waals surface area contributed by atoms with Gasteiger partial charge in [0.25, 0.3) is 0 Å². The van der Waals surface area contributed by atoms with Gasteiger partial charge in [-0.2, -0.15) is 0 Å². The molecule has 0 aromatic heterocycles. The molecule has 0 N–H and O–H groups in total. The summed E-state index contributed by atoms with van der Waals surface area (Å²) in [4.78, 5) is 8.33. The third-order valence-electron chi connectivity index (χ3n) is 0. The van der Waals surface area contributed by atoms with Crippen molar-refractivity contribution in [3.63, 3.8) is 0 Å². The summed E-state index contributed by atoms with van der Waals surface area (Å²) in [5, 5.41) is 16.7. The van der Waals surface area contributed by atoms with E-state index in [-0.39, 0.29) is 122 Å². The zero-order chi connectivity index (χ0) is 3.58. The fraction of sp³-hybridized carbons (Fsp3) is 0. The van der Waals surface area contributed by atoms with E-state index < -0.39 is 6.16 Å². The molecule has 0 fully saturated rings. The standard InChI is InChI=1S/CH2O3.2K.Li/c2-1(3)4;;;/h(H2,2,3,4);;;/q;3*+1/p-2. The smallest absolute Gasteiger partial charge is 0.652 e. The van der Waals surface area contributed by atoms with Gasteiger partial charge in [0.05, 0.1) is 0 Å². The van der Waals surface area contributed by atoms with Crippen molar-refractivity contribution >= 4 is 6.16 Å². The first-order valence-electron chi connectivity index (χ1n) is 0.612. The Labute approximate surface area is 139 Å². The van der Waals surface area contributed by atoms with Crippen molar-refractivity contribution in [3.05, 3.63) is 0 Å². The Kier molecular flexibility index (Phi) is 51.6. The van der Waals surface area contributed by atoms with E-state index in [9.17, 15) is 0 Å². The van der Waals surface area contributed by atoms with Crippen LogP contribution in [0.25, 0.3) is 0 Å². The zero-order valence-corrected chi connectivity index (χ0v) is 11.0. The van der Waals surface area contributed by atoms with E-state index in [2.05, 4.69) is 0 Å². The van der Waals surface area contributed by atoms with Crippen LogP contribution >= 0.6 is 0 Å². The van der Waals surface area contributed by atoms with Gasteiger partial charge in [0, 0.05) is 0 Å². The number of hydrogen-bond acceptors (Lipinski definition) is 3. The molecule has 0 saturated carbocycles. The molecule has 0 aromatic carbocycles. The second-order valence-electron chi connectivity index (χ2n) is 0.250. The first kappa shape index (κ1) is 22.5. The first-order chi connectivity index (χ1) is 1.73. The van der Waals surface area contributed by atoms with Gasteiger partial charge in [-0.15, -0.1) is 0 Å². The predicted octanol–water partition coefficient (Wildman–Crippen LogP) is -11.4. The second kappa shape index (κ2) is 16.1. The van der Waals surface area contributed by atoms with Gasteiger partial charge in [0.2, 0.25) is 0 Å². The summed E-state index contributed by atoms with van der Waals surface area (Å²) < 4.78 is 0. The van der Waals surface area contributed by atoms with Crippen molar-refractivity contribution in [1.82, 2.24) is 0 Å². The van der Waals surface area contributed by atoms with E-state index in [0.29, 0.717) is 0 Å². The minimum atomic E-state index is -2.33. The molecule has 24 valence electrons. The average molecular weight is 145 g/mol. The van der Waals surface area contributed by atoms with Crippen molar-refractivity contribution in [2.24, 2.45) is 0 Å². The number of carbonyl (C=O) groups excluding carboxylic acids is 1. The molecular formula is CK2LiO3+. The minimum absolute atomic E-state index is 0. The van der Waals surface area contributed by atoms with E-state index in [1.54, 1.807) is 0 Å². The van der Waals surface area contributed by atoms with Crippen molar-refractivity contribution in [3.8, 4) is 0 Å². The fourth-order valence-corrected chi connectivity index (χ4v) is 0. The largest absolute Gasteiger partial charge is 1.00 e. The second-order valence-corrected chi connectivity index (χ2v) is 0.250. The first-order valence-corrected chi connectivity index (χ1v) is 0.612. The molecule has 3 nitrogen and oxygen atoms in total. The molecule has 7 heavy (non-hydrogen) atoms. The fourth-order valence-electron chi connectivity index (χ4n) is 0. The molecule has 0 bridgehead atoms. The molecule has 0 spiro atoms. The SMILES string of the molecule is O=C([O-])[O-].[K+].[K+].[Li+]. The Morgan fingerprint density at radius 2 is 1.14 bits per heavy atom. The molecule has 6 heteroatoms. The molecule has 0 aliphatic carbocycles. The predicted molar refractivity (Wildman–Crippen MR) is 5.40 cm³/mol. The summed E-state index contributed by atoms with van der Waals surface area (Å²) in [7, 11) is 0. The van der Waals surface area contributed by atoms with E-state index in [4.69, 9.17) is 15.0 Å². The Bertz CT molecular complexity index is 35.9. The van der Waals surface area contributed by atoms with Crippen LogP contribution in [0.4, 0.5) is 4.79 Å². The molecule has 0 heterocycles. The van der Waals surface area contributed by atoms with Gasteiger partial charge in [0.15, 0.2) is 0 Å². The third kappa shape index (κ3) is 47.3. The molecule has 0 aromatic rings. The maximum absolute atomic E-state index is 8.33. The Morgan fingerprint density at radius 3 is 1.14 bits per heavy atom. The molecule has 0 amide bonds. The van der Waals surface area contributed by atoms with Crippen molar-refractivity contribution in [2.75, 3.05) is 0 Å². The number of carboxylic acid groups (broad SMARTS) is 2. The van der Waals surface area contributed by atoms with Crippen molar-refractivity contribution < 1.29 is 137 Å². The van der Waals surface area contributed by atoms with Gasteiger partial charge in [-0.05, 0) is 6.16 Å². The molecule has 0 unspecified atom stereocenters. The van der Waals surface area contributed by atoms with Crippen LogP contribution in [0.15, 0.2) is 0 Å². The summed E-state index contributed by atoms with van der Waals surface area (Å²) in [6.45, 7) is 0. The number of hydrogen-bond donors (Lipinski definition) is 0. The molecule has 0 rings (SSSR count). The summed E-state index contributed by atoms with van der Waals surface area (Å²) >= 11 is 0. The Balaban J connectivity index is -0.0000000150. The molecule has 0 aliphatic heterocycles. The van der Waals surface area contributed by atoms with Gasteiger partial charge in [0.1, 0.15) is 0 Å². The van der Waals surface area contributed by atoms with Crippen LogP contribution in [0, 0.1) is 0 Å². The van der Waals surface area contributed by atoms with E-state index in [0.717, 1.165) is 0 Å². The van der Waals surface area contributed by atoms with Gasteiger partial charge in [-0.3, -0.25) is 0 Å². The van der Waals surface area contributed by atoms with E-state index >= 15 is 0 Å². The minimum Gasteiger partial charge on any atom is -0.652 e. The molecular weight excluding hydrogens is 145 g/mol. The summed E-state index contributed by atoms with van der Waals surface area (Å²) in [5.41, 5.74) is 0. The van der Waals surface area contributed by atoms with Crippen LogP contribution in [0.3, 0.4) is 0 Å². The molecule has 0 atom stereocenters. The van der Waals surface area contributed by atoms with Crippen LogP contribution in [0.1, 0.15) is 0 Å². The summed E-state index contributed by atoms with van der Waals surface area (Å²) in [5.74, 6) is 0. The molecule has 0 saturated heterocycles.